The fourth-order valence-corrected chi connectivity index (χ4v) is 2.63. The first-order valence-corrected chi connectivity index (χ1v) is 6.87. The fourth-order valence-electron chi connectivity index (χ4n) is 2.36. The standard InChI is InChI=1S/C15H14BrN/c16-13-8-5-12(6-9-13)15-10-7-11-3-1-2-4-14(11)17-15/h5-10H,1-4H2. The van der Waals surface area contributed by atoms with Gasteiger partial charge in [0.2, 0.25) is 0 Å². The molecule has 0 radical (unpaired) electrons. The first-order valence-electron chi connectivity index (χ1n) is 6.08. The topological polar surface area (TPSA) is 12.9 Å². The van der Waals surface area contributed by atoms with E-state index < -0.39 is 0 Å². The maximum atomic E-state index is 4.80. The Morgan fingerprint density at radius 3 is 2.47 bits per heavy atom. The number of nitrogens with zero attached hydrogens (tertiary/aromatic N) is 1. The maximum Gasteiger partial charge on any atom is 0.0705 e. The summed E-state index contributed by atoms with van der Waals surface area (Å²) in [4.78, 5) is 4.80. The fraction of sp³-hybridized carbons (Fsp3) is 0.267. The molecule has 0 fully saturated rings. The lowest BCUT2D eigenvalue weighted by molar-refractivity contribution is 0.668. The van der Waals surface area contributed by atoms with Gasteiger partial charge in [-0.25, -0.2) is 0 Å². The van der Waals surface area contributed by atoms with Gasteiger partial charge in [0.05, 0.1) is 5.69 Å². The summed E-state index contributed by atoms with van der Waals surface area (Å²) in [5, 5.41) is 0. The number of fused-ring (bicyclic) bond motifs is 1. The van der Waals surface area contributed by atoms with Gasteiger partial charge in [-0.15, -0.1) is 0 Å². The number of hydrogen-bond acceptors (Lipinski definition) is 1. The Bertz CT molecular complexity index is 531. The molecule has 86 valence electrons. The van der Waals surface area contributed by atoms with Crippen LogP contribution >= 0.6 is 15.9 Å². The quantitative estimate of drug-likeness (QED) is 0.758. The average molecular weight is 288 g/mol. The van der Waals surface area contributed by atoms with E-state index in [-0.39, 0.29) is 0 Å². The second-order valence-electron chi connectivity index (χ2n) is 4.52. The van der Waals surface area contributed by atoms with Crippen molar-refractivity contribution in [1.82, 2.24) is 4.98 Å². The lowest BCUT2D eigenvalue weighted by Gasteiger charge is -2.15. The van der Waals surface area contributed by atoms with E-state index in [9.17, 15) is 0 Å². The van der Waals surface area contributed by atoms with Crippen LogP contribution in [0.1, 0.15) is 24.1 Å². The minimum atomic E-state index is 1.10. The van der Waals surface area contributed by atoms with Crippen molar-refractivity contribution in [3.05, 3.63) is 52.1 Å². The zero-order valence-electron chi connectivity index (χ0n) is 9.62. The number of aryl methyl sites for hydroxylation is 2. The Morgan fingerprint density at radius 1 is 0.882 bits per heavy atom. The summed E-state index contributed by atoms with van der Waals surface area (Å²) in [6.07, 6.45) is 4.93. The van der Waals surface area contributed by atoms with Crippen molar-refractivity contribution in [2.75, 3.05) is 0 Å². The highest BCUT2D eigenvalue weighted by atomic mass is 79.9. The van der Waals surface area contributed by atoms with Crippen LogP contribution in [-0.2, 0) is 12.8 Å². The predicted octanol–water partition coefficient (Wildman–Crippen LogP) is 4.39. The van der Waals surface area contributed by atoms with Gasteiger partial charge < -0.3 is 0 Å². The molecular weight excluding hydrogens is 274 g/mol. The van der Waals surface area contributed by atoms with Crippen LogP contribution in [0.25, 0.3) is 11.3 Å². The molecule has 0 N–H and O–H groups in total. The van der Waals surface area contributed by atoms with Crippen LogP contribution in [0.4, 0.5) is 0 Å². The summed E-state index contributed by atoms with van der Waals surface area (Å²) in [6.45, 7) is 0. The molecule has 2 heteroatoms. The molecule has 0 amide bonds. The van der Waals surface area contributed by atoms with Gasteiger partial charge in [-0.3, -0.25) is 4.98 Å². The molecule has 1 nitrogen and oxygen atoms in total. The lowest BCUT2D eigenvalue weighted by Crippen LogP contribution is -2.05. The van der Waals surface area contributed by atoms with E-state index in [0.717, 1.165) is 16.6 Å². The molecule has 0 spiro atoms. The number of benzene rings is 1. The second-order valence-corrected chi connectivity index (χ2v) is 5.43. The van der Waals surface area contributed by atoms with Crippen molar-refractivity contribution in [1.29, 1.82) is 0 Å². The lowest BCUT2D eigenvalue weighted by atomic mass is 9.95. The Labute approximate surface area is 110 Å². The summed E-state index contributed by atoms with van der Waals surface area (Å²) >= 11 is 3.46. The molecule has 0 unspecified atom stereocenters. The molecule has 1 aliphatic rings. The van der Waals surface area contributed by atoms with Gasteiger partial charge in [0, 0.05) is 15.7 Å². The van der Waals surface area contributed by atoms with Gasteiger partial charge >= 0.3 is 0 Å². The third-order valence-corrected chi connectivity index (χ3v) is 3.85. The normalized spacial score (nSPS) is 14.4. The monoisotopic (exact) mass is 287 g/mol. The molecule has 0 bridgehead atoms. The molecule has 17 heavy (non-hydrogen) atoms. The van der Waals surface area contributed by atoms with Crippen LogP contribution in [0.5, 0.6) is 0 Å². The number of halogens is 1. The van der Waals surface area contributed by atoms with Gasteiger partial charge in [0.1, 0.15) is 0 Å². The SMILES string of the molecule is Brc1ccc(-c2ccc3c(n2)CCCC3)cc1. The minimum absolute atomic E-state index is 1.10. The van der Waals surface area contributed by atoms with E-state index in [1.807, 2.05) is 0 Å². The van der Waals surface area contributed by atoms with Crippen molar-refractivity contribution < 1.29 is 0 Å². The van der Waals surface area contributed by atoms with Crippen LogP contribution < -0.4 is 0 Å². The van der Waals surface area contributed by atoms with Gasteiger partial charge in [0.25, 0.3) is 0 Å². The predicted molar refractivity (Wildman–Crippen MR) is 74.0 cm³/mol. The maximum absolute atomic E-state index is 4.80. The van der Waals surface area contributed by atoms with Crippen molar-refractivity contribution in [3.8, 4) is 11.3 Å². The van der Waals surface area contributed by atoms with E-state index in [1.54, 1.807) is 0 Å². The van der Waals surface area contributed by atoms with Gasteiger partial charge in [-0.05, 0) is 49.4 Å². The first kappa shape index (κ1) is 11.0. The summed E-state index contributed by atoms with van der Waals surface area (Å²) in [5.74, 6) is 0. The molecule has 1 aromatic heterocycles. The van der Waals surface area contributed by atoms with E-state index in [0.29, 0.717) is 0 Å². The molecule has 1 aliphatic carbocycles. The third kappa shape index (κ3) is 2.27. The number of pyridine rings is 1. The summed E-state index contributed by atoms with van der Waals surface area (Å²) in [5.41, 5.74) is 5.04. The molecule has 0 saturated heterocycles. The van der Waals surface area contributed by atoms with Crippen LogP contribution in [0.3, 0.4) is 0 Å². The van der Waals surface area contributed by atoms with Crippen LogP contribution in [-0.4, -0.2) is 4.98 Å². The Hall–Kier alpha value is -1.15. The van der Waals surface area contributed by atoms with Gasteiger partial charge in [-0.1, -0.05) is 34.1 Å². The molecular formula is C15H14BrN. The molecule has 0 aliphatic heterocycles. The van der Waals surface area contributed by atoms with Crippen molar-refractivity contribution in [2.24, 2.45) is 0 Å². The van der Waals surface area contributed by atoms with E-state index in [2.05, 4.69) is 52.3 Å². The summed E-state index contributed by atoms with van der Waals surface area (Å²) in [6, 6.07) is 12.8. The highest BCUT2D eigenvalue weighted by molar-refractivity contribution is 9.10. The summed E-state index contributed by atoms with van der Waals surface area (Å²) < 4.78 is 1.11. The van der Waals surface area contributed by atoms with Gasteiger partial charge in [0.15, 0.2) is 0 Å². The summed E-state index contributed by atoms with van der Waals surface area (Å²) in [7, 11) is 0. The zero-order chi connectivity index (χ0) is 11.7. The highest BCUT2D eigenvalue weighted by Gasteiger charge is 2.11. The average Bonchev–Trinajstić information content (AvgIpc) is 2.39. The van der Waals surface area contributed by atoms with E-state index >= 15 is 0 Å². The number of rotatable bonds is 1. The van der Waals surface area contributed by atoms with Crippen molar-refractivity contribution in [2.45, 2.75) is 25.7 Å². The molecule has 1 heterocycles. The van der Waals surface area contributed by atoms with Crippen LogP contribution in [0.2, 0.25) is 0 Å². The highest BCUT2D eigenvalue weighted by Crippen LogP contribution is 2.25. The van der Waals surface area contributed by atoms with Crippen molar-refractivity contribution >= 4 is 15.9 Å². The Morgan fingerprint density at radius 2 is 1.65 bits per heavy atom. The molecule has 2 aromatic rings. The van der Waals surface area contributed by atoms with Crippen LogP contribution in [0.15, 0.2) is 40.9 Å². The number of aromatic nitrogens is 1. The second kappa shape index (κ2) is 4.61. The van der Waals surface area contributed by atoms with Crippen LogP contribution in [0, 0.1) is 0 Å². The van der Waals surface area contributed by atoms with Gasteiger partial charge in [-0.2, -0.15) is 0 Å². The smallest absolute Gasteiger partial charge is 0.0705 e. The third-order valence-electron chi connectivity index (χ3n) is 3.32. The molecule has 3 rings (SSSR count). The first-order chi connectivity index (χ1) is 8.33. The zero-order valence-corrected chi connectivity index (χ0v) is 11.2. The molecule has 0 atom stereocenters. The Kier molecular flexibility index (Phi) is 2.98. The molecule has 1 aromatic carbocycles. The van der Waals surface area contributed by atoms with E-state index in [1.165, 1.54) is 36.1 Å². The minimum Gasteiger partial charge on any atom is -0.253 e. The Balaban J connectivity index is 2.01. The number of hydrogen-bond donors (Lipinski definition) is 0. The van der Waals surface area contributed by atoms with E-state index in [4.69, 9.17) is 4.98 Å². The molecule has 0 saturated carbocycles. The largest absolute Gasteiger partial charge is 0.253 e. The van der Waals surface area contributed by atoms with Crippen molar-refractivity contribution in [3.63, 3.8) is 0 Å².